The van der Waals surface area contributed by atoms with Gasteiger partial charge in [-0.05, 0) is 31.5 Å². The fourth-order valence-corrected chi connectivity index (χ4v) is 4.52. The Bertz CT molecular complexity index is 1130. The number of likely N-dealkylation sites (N-methyl/N-ethyl adjacent to an activating group) is 1. The van der Waals surface area contributed by atoms with Crippen LogP contribution in [0.2, 0.25) is 0 Å². The van der Waals surface area contributed by atoms with E-state index in [1.165, 1.54) is 18.1 Å². The second kappa shape index (κ2) is 9.09. The van der Waals surface area contributed by atoms with E-state index >= 15 is 0 Å². The highest BCUT2D eigenvalue weighted by Crippen LogP contribution is 2.38. The van der Waals surface area contributed by atoms with Crippen LogP contribution in [0.15, 0.2) is 78.2 Å². The Kier molecular flexibility index (Phi) is 6.09. The zero-order valence-electron chi connectivity index (χ0n) is 17.0. The van der Waals surface area contributed by atoms with Crippen molar-refractivity contribution in [1.82, 2.24) is 24.6 Å². The molecule has 1 amide bonds. The molecule has 2 heterocycles. The van der Waals surface area contributed by atoms with Gasteiger partial charge in [-0.15, -0.1) is 0 Å². The molecule has 0 radical (unpaired) electrons. The van der Waals surface area contributed by atoms with E-state index in [1.807, 2.05) is 79.4 Å². The predicted octanol–water partition coefficient (Wildman–Crippen LogP) is 4.52. The average molecular weight is 418 g/mol. The Balaban J connectivity index is 1.75. The lowest BCUT2D eigenvalue weighted by molar-refractivity contribution is -0.130. The quantitative estimate of drug-likeness (QED) is 0.327. The van der Waals surface area contributed by atoms with E-state index in [1.54, 1.807) is 10.9 Å². The fraction of sp³-hybridized carbons (Fsp3) is 0.217. The Hall–Kier alpha value is -3.19. The van der Waals surface area contributed by atoms with E-state index in [0.29, 0.717) is 13.1 Å². The van der Waals surface area contributed by atoms with Crippen molar-refractivity contribution < 1.29 is 4.79 Å². The van der Waals surface area contributed by atoms with Crippen LogP contribution in [0, 0.1) is 0 Å². The van der Waals surface area contributed by atoms with Crippen molar-refractivity contribution >= 4 is 28.7 Å². The van der Waals surface area contributed by atoms with Crippen LogP contribution in [0.25, 0.3) is 16.7 Å². The molecule has 6 nitrogen and oxygen atoms in total. The molecule has 1 unspecified atom stereocenters. The number of hydrogen-bond acceptors (Lipinski definition) is 5. The molecule has 2 aromatic carbocycles. The summed E-state index contributed by atoms with van der Waals surface area (Å²) in [6.45, 7) is 5.34. The topological polar surface area (TPSA) is 63.9 Å². The number of aromatic nitrogens is 4. The average Bonchev–Trinajstić information content (AvgIpc) is 3.24. The van der Waals surface area contributed by atoms with Crippen LogP contribution in [0.1, 0.15) is 24.7 Å². The van der Waals surface area contributed by atoms with Gasteiger partial charge in [0.25, 0.3) is 0 Å². The standard InChI is InChI=1S/C23H23N5OS/c1-3-27(4-2)23(29)20(17-11-7-5-8-12-17)30-22-19-15-26-28(21(19)24-16-25-22)18-13-9-6-10-14-18/h5-16,20H,3-4H2,1-2H3. The molecule has 0 aliphatic rings. The first-order valence-electron chi connectivity index (χ1n) is 9.97. The van der Waals surface area contributed by atoms with Gasteiger partial charge in [-0.2, -0.15) is 5.10 Å². The third-order valence-electron chi connectivity index (χ3n) is 4.96. The van der Waals surface area contributed by atoms with Gasteiger partial charge < -0.3 is 4.90 Å². The Morgan fingerprint density at radius 1 is 1.00 bits per heavy atom. The third-order valence-corrected chi connectivity index (χ3v) is 6.22. The van der Waals surface area contributed by atoms with E-state index < -0.39 is 0 Å². The molecule has 0 aliphatic heterocycles. The fourth-order valence-electron chi connectivity index (χ4n) is 3.38. The number of nitrogens with zero attached hydrogens (tertiary/aromatic N) is 5. The minimum Gasteiger partial charge on any atom is -0.342 e. The second-order valence-corrected chi connectivity index (χ2v) is 7.82. The number of hydrogen-bond donors (Lipinski definition) is 0. The van der Waals surface area contributed by atoms with Gasteiger partial charge in [0.15, 0.2) is 5.65 Å². The van der Waals surface area contributed by atoms with Gasteiger partial charge in [-0.3, -0.25) is 4.79 Å². The summed E-state index contributed by atoms with van der Waals surface area (Å²) >= 11 is 1.45. The lowest BCUT2D eigenvalue weighted by Crippen LogP contribution is -2.33. The second-order valence-electron chi connectivity index (χ2n) is 6.73. The van der Waals surface area contributed by atoms with Crippen molar-refractivity contribution in [2.24, 2.45) is 0 Å². The van der Waals surface area contributed by atoms with Crippen molar-refractivity contribution in [3.8, 4) is 5.69 Å². The molecule has 2 aromatic heterocycles. The monoisotopic (exact) mass is 417 g/mol. The van der Waals surface area contributed by atoms with E-state index in [9.17, 15) is 4.79 Å². The molecule has 152 valence electrons. The number of rotatable bonds is 7. The number of benzene rings is 2. The molecule has 0 bridgehead atoms. The van der Waals surface area contributed by atoms with Gasteiger partial charge in [0.05, 0.1) is 17.3 Å². The summed E-state index contributed by atoms with van der Waals surface area (Å²) in [4.78, 5) is 24.1. The number of carbonyl (C=O) groups excluding carboxylic acids is 1. The van der Waals surface area contributed by atoms with Gasteiger partial charge >= 0.3 is 0 Å². The Labute approximate surface area is 180 Å². The van der Waals surface area contributed by atoms with Gasteiger partial charge in [0, 0.05) is 13.1 Å². The van der Waals surface area contributed by atoms with Gasteiger partial charge in [0.1, 0.15) is 16.6 Å². The molecule has 4 aromatic rings. The molecule has 0 N–H and O–H groups in total. The number of para-hydroxylation sites is 1. The SMILES string of the molecule is CCN(CC)C(=O)C(Sc1ncnc2c1cnn2-c1ccccc1)c1ccccc1. The van der Waals surface area contributed by atoms with E-state index in [2.05, 4.69) is 15.1 Å². The smallest absolute Gasteiger partial charge is 0.240 e. The molecule has 30 heavy (non-hydrogen) atoms. The van der Waals surface area contributed by atoms with Crippen LogP contribution in [-0.4, -0.2) is 43.6 Å². The molecule has 0 saturated carbocycles. The zero-order chi connectivity index (χ0) is 20.9. The summed E-state index contributed by atoms with van der Waals surface area (Å²) in [5, 5.41) is 5.72. The molecule has 0 fully saturated rings. The molecular formula is C23H23N5OS. The van der Waals surface area contributed by atoms with Crippen LogP contribution in [0.5, 0.6) is 0 Å². The third kappa shape index (κ3) is 3.93. The molecule has 0 spiro atoms. The Morgan fingerprint density at radius 3 is 2.33 bits per heavy atom. The highest BCUT2D eigenvalue weighted by atomic mass is 32.2. The van der Waals surface area contributed by atoms with Crippen LogP contribution in [0.3, 0.4) is 0 Å². The molecule has 1 atom stereocenters. The maximum Gasteiger partial charge on any atom is 0.240 e. The lowest BCUT2D eigenvalue weighted by atomic mass is 10.1. The van der Waals surface area contributed by atoms with Crippen LogP contribution >= 0.6 is 11.8 Å². The molecule has 0 aliphatic carbocycles. The highest BCUT2D eigenvalue weighted by Gasteiger charge is 2.27. The Morgan fingerprint density at radius 2 is 1.67 bits per heavy atom. The van der Waals surface area contributed by atoms with Crippen molar-refractivity contribution in [3.05, 3.63) is 78.8 Å². The minimum absolute atomic E-state index is 0.0819. The van der Waals surface area contributed by atoms with Crippen molar-refractivity contribution in [2.45, 2.75) is 24.1 Å². The zero-order valence-corrected chi connectivity index (χ0v) is 17.8. The van der Waals surface area contributed by atoms with E-state index in [-0.39, 0.29) is 11.2 Å². The number of carbonyl (C=O) groups is 1. The first-order chi connectivity index (χ1) is 14.7. The van der Waals surface area contributed by atoms with Crippen LogP contribution in [-0.2, 0) is 4.79 Å². The summed E-state index contributed by atoms with van der Waals surface area (Å²) in [5.41, 5.74) is 2.61. The first-order valence-corrected chi connectivity index (χ1v) is 10.9. The summed E-state index contributed by atoms with van der Waals surface area (Å²) in [6, 6.07) is 19.7. The van der Waals surface area contributed by atoms with Gasteiger partial charge in [0.2, 0.25) is 5.91 Å². The number of amides is 1. The minimum atomic E-state index is -0.385. The largest absolute Gasteiger partial charge is 0.342 e. The van der Waals surface area contributed by atoms with Crippen LogP contribution in [0.4, 0.5) is 0 Å². The van der Waals surface area contributed by atoms with E-state index in [0.717, 1.165) is 27.3 Å². The van der Waals surface area contributed by atoms with Gasteiger partial charge in [-0.25, -0.2) is 14.6 Å². The summed E-state index contributed by atoms with van der Waals surface area (Å²) in [5.74, 6) is 0.0819. The molecule has 0 saturated heterocycles. The lowest BCUT2D eigenvalue weighted by Gasteiger charge is -2.25. The number of thioether (sulfide) groups is 1. The first kappa shape index (κ1) is 20.1. The predicted molar refractivity (Wildman–Crippen MR) is 120 cm³/mol. The summed E-state index contributed by atoms with van der Waals surface area (Å²) < 4.78 is 1.80. The molecule has 4 rings (SSSR count). The van der Waals surface area contributed by atoms with Crippen molar-refractivity contribution in [3.63, 3.8) is 0 Å². The van der Waals surface area contributed by atoms with Crippen molar-refractivity contribution in [2.75, 3.05) is 13.1 Å². The van der Waals surface area contributed by atoms with Gasteiger partial charge in [-0.1, -0.05) is 60.3 Å². The maximum atomic E-state index is 13.3. The maximum absolute atomic E-state index is 13.3. The van der Waals surface area contributed by atoms with Crippen molar-refractivity contribution in [1.29, 1.82) is 0 Å². The molecular weight excluding hydrogens is 394 g/mol. The van der Waals surface area contributed by atoms with Crippen LogP contribution < -0.4 is 0 Å². The highest BCUT2D eigenvalue weighted by molar-refractivity contribution is 8.00. The molecule has 7 heteroatoms. The number of fused-ring (bicyclic) bond motifs is 1. The van der Waals surface area contributed by atoms with E-state index in [4.69, 9.17) is 0 Å². The summed E-state index contributed by atoms with van der Waals surface area (Å²) in [6.07, 6.45) is 3.31. The normalized spacial score (nSPS) is 12.1. The summed E-state index contributed by atoms with van der Waals surface area (Å²) in [7, 11) is 0.